The smallest absolute Gasteiger partial charge is 0.0992 e. The Kier molecular flexibility index (Phi) is 4.08. The Hall–Kier alpha value is -0.930. The first-order chi connectivity index (χ1) is 9.74. The highest BCUT2D eigenvalue weighted by Gasteiger charge is 2.42. The second kappa shape index (κ2) is 5.82. The minimum absolute atomic E-state index is 0.0606. The summed E-state index contributed by atoms with van der Waals surface area (Å²) in [6, 6.07) is 4.04. The molecule has 3 nitrogen and oxygen atoms in total. The maximum Gasteiger partial charge on any atom is 0.0992 e. The lowest BCUT2D eigenvalue weighted by atomic mass is 9.80. The minimum atomic E-state index is -0.437. The van der Waals surface area contributed by atoms with E-state index in [1.165, 1.54) is 31.2 Å². The zero-order valence-electron chi connectivity index (χ0n) is 12.3. The molecule has 110 valence electrons. The standard InChI is InChI=1S/C17H25NO2/c1-2-13-6-5-10-18-15(13)16(19)14-7-11-20-17(12-14)8-3-4-9-17/h5-6,10,14,16,19H,2-4,7-9,11-12H2,1H3. The van der Waals surface area contributed by atoms with E-state index in [0.717, 1.165) is 31.6 Å². The first-order valence-electron chi connectivity index (χ1n) is 8.00. The Morgan fingerprint density at radius 3 is 3.00 bits per heavy atom. The summed E-state index contributed by atoms with van der Waals surface area (Å²) in [7, 11) is 0. The van der Waals surface area contributed by atoms with E-state index in [1.54, 1.807) is 6.20 Å². The van der Waals surface area contributed by atoms with Gasteiger partial charge in [0.05, 0.1) is 17.4 Å². The zero-order chi connectivity index (χ0) is 14.0. The fourth-order valence-corrected chi connectivity index (χ4v) is 3.94. The van der Waals surface area contributed by atoms with Gasteiger partial charge < -0.3 is 9.84 Å². The monoisotopic (exact) mass is 275 g/mol. The summed E-state index contributed by atoms with van der Waals surface area (Å²) in [4.78, 5) is 4.45. The van der Waals surface area contributed by atoms with Gasteiger partial charge in [-0.25, -0.2) is 0 Å². The fraction of sp³-hybridized carbons (Fsp3) is 0.706. The molecule has 3 rings (SSSR count). The number of nitrogens with zero attached hydrogens (tertiary/aromatic N) is 1. The molecule has 1 aromatic heterocycles. The number of ether oxygens (including phenoxy) is 1. The number of hydrogen-bond donors (Lipinski definition) is 1. The Morgan fingerprint density at radius 2 is 2.25 bits per heavy atom. The molecule has 1 saturated heterocycles. The number of pyridine rings is 1. The number of aliphatic hydroxyl groups is 1. The third-order valence-electron chi connectivity index (χ3n) is 5.08. The van der Waals surface area contributed by atoms with Crippen LogP contribution < -0.4 is 0 Å². The van der Waals surface area contributed by atoms with Crippen LogP contribution in [0.3, 0.4) is 0 Å². The van der Waals surface area contributed by atoms with Gasteiger partial charge in [-0.3, -0.25) is 4.98 Å². The first kappa shape index (κ1) is 14.0. The number of hydrogen-bond acceptors (Lipinski definition) is 3. The van der Waals surface area contributed by atoms with Crippen molar-refractivity contribution < 1.29 is 9.84 Å². The summed E-state index contributed by atoms with van der Waals surface area (Å²) in [5, 5.41) is 10.8. The molecule has 2 fully saturated rings. The normalized spacial score (nSPS) is 26.8. The fourth-order valence-electron chi connectivity index (χ4n) is 3.94. The van der Waals surface area contributed by atoms with Crippen molar-refractivity contribution in [1.82, 2.24) is 4.98 Å². The van der Waals surface area contributed by atoms with Crippen molar-refractivity contribution in [2.45, 2.75) is 63.6 Å². The summed E-state index contributed by atoms with van der Waals surface area (Å²) in [6.07, 6.45) is 9.10. The van der Waals surface area contributed by atoms with Crippen LogP contribution >= 0.6 is 0 Å². The van der Waals surface area contributed by atoms with Crippen LogP contribution in [0.25, 0.3) is 0 Å². The van der Waals surface area contributed by atoms with Crippen LogP contribution in [0.15, 0.2) is 18.3 Å². The molecule has 0 amide bonds. The number of rotatable bonds is 3. The van der Waals surface area contributed by atoms with Crippen LogP contribution in [0.5, 0.6) is 0 Å². The summed E-state index contributed by atoms with van der Waals surface area (Å²) in [6.45, 7) is 2.91. The molecule has 0 aromatic carbocycles. The molecule has 2 aliphatic rings. The first-order valence-corrected chi connectivity index (χ1v) is 8.00. The molecule has 0 radical (unpaired) electrons. The Balaban J connectivity index is 1.77. The molecule has 2 heterocycles. The molecular formula is C17H25NO2. The molecule has 1 aliphatic carbocycles. The van der Waals surface area contributed by atoms with E-state index < -0.39 is 6.10 Å². The van der Waals surface area contributed by atoms with Crippen molar-refractivity contribution in [3.05, 3.63) is 29.6 Å². The molecule has 1 N–H and O–H groups in total. The maximum absolute atomic E-state index is 10.8. The molecule has 20 heavy (non-hydrogen) atoms. The third-order valence-corrected chi connectivity index (χ3v) is 5.08. The lowest BCUT2D eigenvalue weighted by Gasteiger charge is -2.40. The van der Waals surface area contributed by atoms with Gasteiger partial charge in [0.2, 0.25) is 0 Å². The van der Waals surface area contributed by atoms with Gasteiger partial charge >= 0.3 is 0 Å². The van der Waals surface area contributed by atoms with Crippen molar-refractivity contribution >= 4 is 0 Å². The minimum Gasteiger partial charge on any atom is -0.387 e. The molecule has 1 saturated carbocycles. The van der Waals surface area contributed by atoms with Crippen molar-refractivity contribution in [1.29, 1.82) is 0 Å². The number of aliphatic hydroxyl groups excluding tert-OH is 1. The van der Waals surface area contributed by atoms with E-state index in [9.17, 15) is 5.11 Å². The van der Waals surface area contributed by atoms with Gasteiger partial charge in [0.1, 0.15) is 0 Å². The van der Waals surface area contributed by atoms with Crippen LogP contribution in [0, 0.1) is 5.92 Å². The molecule has 1 aliphatic heterocycles. The van der Waals surface area contributed by atoms with Crippen LogP contribution in [0.2, 0.25) is 0 Å². The van der Waals surface area contributed by atoms with Crippen molar-refractivity contribution in [3.63, 3.8) is 0 Å². The van der Waals surface area contributed by atoms with Gasteiger partial charge in [0.25, 0.3) is 0 Å². The van der Waals surface area contributed by atoms with E-state index in [4.69, 9.17) is 4.74 Å². The highest BCUT2D eigenvalue weighted by Crippen LogP contribution is 2.45. The topological polar surface area (TPSA) is 42.4 Å². The van der Waals surface area contributed by atoms with Crippen LogP contribution in [0.4, 0.5) is 0 Å². The lowest BCUT2D eigenvalue weighted by Crippen LogP contribution is -2.39. The van der Waals surface area contributed by atoms with Gasteiger partial charge in [-0.1, -0.05) is 25.8 Å². The van der Waals surface area contributed by atoms with E-state index in [-0.39, 0.29) is 5.60 Å². The Labute approximate surface area is 121 Å². The predicted octanol–water partition coefficient (Wildman–Crippen LogP) is 3.42. The average Bonchev–Trinajstić information content (AvgIpc) is 2.94. The summed E-state index contributed by atoms with van der Waals surface area (Å²) in [5.74, 6) is 0.294. The van der Waals surface area contributed by atoms with E-state index in [1.807, 2.05) is 6.07 Å². The van der Waals surface area contributed by atoms with Crippen LogP contribution in [-0.2, 0) is 11.2 Å². The van der Waals surface area contributed by atoms with E-state index in [2.05, 4.69) is 18.0 Å². The second-order valence-electron chi connectivity index (χ2n) is 6.34. The molecular weight excluding hydrogens is 250 g/mol. The third kappa shape index (κ3) is 2.61. The van der Waals surface area contributed by atoms with Crippen LogP contribution in [-0.4, -0.2) is 22.3 Å². The van der Waals surface area contributed by atoms with Crippen molar-refractivity contribution in [2.24, 2.45) is 5.92 Å². The zero-order valence-corrected chi connectivity index (χ0v) is 12.3. The van der Waals surface area contributed by atoms with Gasteiger partial charge in [-0.2, -0.15) is 0 Å². The lowest BCUT2D eigenvalue weighted by molar-refractivity contribution is -0.113. The maximum atomic E-state index is 10.8. The average molecular weight is 275 g/mol. The Bertz CT molecular complexity index is 454. The summed E-state index contributed by atoms with van der Waals surface area (Å²) < 4.78 is 6.07. The van der Waals surface area contributed by atoms with E-state index in [0.29, 0.717) is 5.92 Å². The number of aryl methyl sites for hydroxylation is 1. The van der Waals surface area contributed by atoms with Crippen molar-refractivity contribution in [3.8, 4) is 0 Å². The van der Waals surface area contributed by atoms with Gasteiger partial charge in [-0.15, -0.1) is 0 Å². The Morgan fingerprint density at radius 1 is 1.45 bits per heavy atom. The SMILES string of the molecule is CCc1cccnc1C(O)C1CCOC2(CCCC2)C1. The highest BCUT2D eigenvalue weighted by atomic mass is 16.5. The van der Waals surface area contributed by atoms with E-state index >= 15 is 0 Å². The molecule has 1 spiro atoms. The molecule has 2 atom stereocenters. The largest absolute Gasteiger partial charge is 0.387 e. The molecule has 0 bridgehead atoms. The number of aromatic nitrogens is 1. The molecule has 1 aromatic rings. The highest BCUT2D eigenvalue weighted by molar-refractivity contribution is 5.22. The summed E-state index contributed by atoms with van der Waals surface area (Å²) in [5.41, 5.74) is 2.12. The van der Waals surface area contributed by atoms with Crippen molar-refractivity contribution in [2.75, 3.05) is 6.61 Å². The molecule has 2 unspecified atom stereocenters. The second-order valence-corrected chi connectivity index (χ2v) is 6.34. The van der Waals surface area contributed by atoms with Gasteiger partial charge in [-0.05, 0) is 49.7 Å². The summed E-state index contributed by atoms with van der Waals surface area (Å²) >= 11 is 0. The quantitative estimate of drug-likeness (QED) is 0.919. The molecule has 3 heteroatoms. The van der Waals surface area contributed by atoms with Crippen LogP contribution in [0.1, 0.15) is 62.8 Å². The van der Waals surface area contributed by atoms with Gasteiger partial charge in [0.15, 0.2) is 0 Å². The van der Waals surface area contributed by atoms with Gasteiger partial charge in [0, 0.05) is 12.8 Å². The predicted molar refractivity (Wildman–Crippen MR) is 78.4 cm³/mol.